The summed E-state index contributed by atoms with van der Waals surface area (Å²) in [5.41, 5.74) is -0.167. The molecule has 0 aromatic carbocycles. The van der Waals surface area contributed by atoms with Crippen LogP contribution in [0.5, 0.6) is 0 Å². The zero-order valence-corrected chi connectivity index (χ0v) is 10.7. The van der Waals surface area contributed by atoms with Gasteiger partial charge in [-0.1, -0.05) is 13.8 Å². The number of hydrogen-bond donors (Lipinski definition) is 2. The Labute approximate surface area is 101 Å². The van der Waals surface area contributed by atoms with Crippen molar-refractivity contribution in [2.75, 3.05) is 26.7 Å². The van der Waals surface area contributed by atoms with E-state index in [9.17, 15) is 13.6 Å². The number of alkyl halides is 2. The molecule has 0 spiro atoms. The first-order chi connectivity index (χ1) is 7.78. The summed E-state index contributed by atoms with van der Waals surface area (Å²) in [4.78, 5) is 12.3. The summed E-state index contributed by atoms with van der Waals surface area (Å²) >= 11 is 0. The Hall–Kier alpha value is -0.910. The van der Waals surface area contributed by atoms with E-state index < -0.39 is 19.0 Å². The van der Waals surface area contributed by atoms with Crippen LogP contribution in [0.25, 0.3) is 0 Å². The third-order valence-electron chi connectivity index (χ3n) is 2.49. The van der Waals surface area contributed by atoms with E-state index in [0.29, 0.717) is 13.0 Å². The van der Waals surface area contributed by atoms with Gasteiger partial charge < -0.3 is 15.3 Å². The Morgan fingerprint density at radius 1 is 1.47 bits per heavy atom. The van der Waals surface area contributed by atoms with Gasteiger partial charge in [0.2, 0.25) is 0 Å². The highest BCUT2D eigenvalue weighted by molar-refractivity contribution is 5.73. The highest BCUT2D eigenvalue weighted by Crippen LogP contribution is 2.20. The third-order valence-corrected chi connectivity index (χ3v) is 2.49. The average Bonchev–Trinajstić information content (AvgIpc) is 2.23. The van der Waals surface area contributed by atoms with E-state index in [4.69, 9.17) is 5.11 Å². The molecule has 0 heterocycles. The maximum Gasteiger partial charge on any atom is 0.317 e. The lowest BCUT2D eigenvalue weighted by Gasteiger charge is -2.22. The van der Waals surface area contributed by atoms with Gasteiger partial charge in [-0.25, -0.2) is 13.6 Å². The molecule has 0 bridgehead atoms. The van der Waals surface area contributed by atoms with Gasteiger partial charge in [0.15, 0.2) is 0 Å². The molecule has 0 unspecified atom stereocenters. The van der Waals surface area contributed by atoms with Crippen molar-refractivity contribution in [3.05, 3.63) is 0 Å². The van der Waals surface area contributed by atoms with Crippen molar-refractivity contribution < 1.29 is 18.7 Å². The maximum absolute atomic E-state index is 12.0. The lowest BCUT2D eigenvalue weighted by molar-refractivity contribution is 0.107. The van der Waals surface area contributed by atoms with Crippen LogP contribution in [0.4, 0.5) is 13.6 Å². The van der Waals surface area contributed by atoms with E-state index in [0.717, 1.165) is 11.3 Å². The van der Waals surface area contributed by atoms with Crippen LogP contribution in [0.1, 0.15) is 26.7 Å². The zero-order chi connectivity index (χ0) is 13.5. The lowest BCUT2D eigenvalue weighted by atomic mass is 9.89. The SMILES string of the molecule is CN(CC(F)F)C(=O)NCCCC(C)(C)CO. The topological polar surface area (TPSA) is 52.6 Å². The number of aliphatic hydroxyl groups is 1. The highest BCUT2D eigenvalue weighted by Gasteiger charge is 2.16. The fourth-order valence-corrected chi connectivity index (χ4v) is 1.27. The van der Waals surface area contributed by atoms with E-state index in [2.05, 4.69) is 5.32 Å². The standard InChI is InChI=1S/C11H22F2N2O2/c1-11(2,8-16)5-4-6-14-10(17)15(3)7-9(12)13/h9,16H,4-8H2,1-3H3,(H,14,17). The molecule has 0 aliphatic carbocycles. The summed E-state index contributed by atoms with van der Waals surface area (Å²) < 4.78 is 24.0. The number of nitrogens with zero attached hydrogens (tertiary/aromatic N) is 1. The number of carbonyl (C=O) groups excluding carboxylic acids is 1. The minimum absolute atomic E-state index is 0.0895. The maximum atomic E-state index is 12.0. The number of halogens is 2. The predicted octanol–water partition coefficient (Wildman–Crippen LogP) is 1.69. The second kappa shape index (κ2) is 7.42. The molecule has 0 aliphatic rings. The van der Waals surface area contributed by atoms with Crippen molar-refractivity contribution >= 4 is 6.03 Å². The highest BCUT2D eigenvalue weighted by atomic mass is 19.3. The smallest absolute Gasteiger partial charge is 0.317 e. The van der Waals surface area contributed by atoms with E-state index in [1.54, 1.807) is 0 Å². The number of urea groups is 1. The van der Waals surface area contributed by atoms with Crippen LogP contribution < -0.4 is 5.32 Å². The Balaban J connectivity index is 3.71. The minimum atomic E-state index is -2.51. The molecule has 2 amide bonds. The lowest BCUT2D eigenvalue weighted by Crippen LogP contribution is -2.40. The molecule has 0 rings (SSSR count). The van der Waals surface area contributed by atoms with Gasteiger partial charge in [0.25, 0.3) is 6.43 Å². The van der Waals surface area contributed by atoms with Gasteiger partial charge >= 0.3 is 6.03 Å². The van der Waals surface area contributed by atoms with Crippen molar-refractivity contribution in [2.24, 2.45) is 5.41 Å². The van der Waals surface area contributed by atoms with E-state index in [1.165, 1.54) is 7.05 Å². The predicted molar refractivity (Wildman–Crippen MR) is 62.1 cm³/mol. The van der Waals surface area contributed by atoms with Crippen LogP contribution in [0.2, 0.25) is 0 Å². The largest absolute Gasteiger partial charge is 0.396 e. The summed E-state index contributed by atoms with van der Waals surface area (Å²) in [5, 5.41) is 11.6. The number of rotatable bonds is 7. The van der Waals surface area contributed by atoms with Crippen molar-refractivity contribution in [3.63, 3.8) is 0 Å². The first-order valence-corrected chi connectivity index (χ1v) is 5.66. The Bertz CT molecular complexity index is 236. The minimum Gasteiger partial charge on any atom is -0.396 e. The van der Waals surface area contributed by atoms with Crippen LogP contribution in [0.3, 0.4) is 0 Å². The number of nitrogens with one attached hydrogen (secondary N) is 1. The van der Waals surface area contributed by atoms with Crippen LogP contribution in [0, 0.1) is 5.41 Å². The number of aliphatic hydroxyl groups excluding tert-OH is 1. The van der Waals surface area contributed by atoms with Crippen molar-refractivity contribution in [2.45, 2.75) is 33.1 Å². The molecule has 2 N–H and O–H groups in total. The number of amides is 2. The van der Waals surface area contributed by atoms with Crippen molar-refractivity contribution in [1.82, 2.24) is 10.2 Å². The summed E-state index contributed by atoms with van der Waals surface area (Å²) in [5.74, 6) is 0. The van der Waals surface area contributed by atoms with Gasteiger partial charge in [0, 0.05) is 20.2 Å². The van der Waals surface area contributed by atoms with Crippen LogP contribution >= 0.6 is 0 Å². The Morgan fingerprint density at radius 2 is 2.06 bits per heavy atom. The second-order valence-corrected chi connectivity index (χ2v) is 4.93. The van der Waals surface area contributed by atoms with Gasteiger partial charge in [-0.2, -0.15) is 0 Å². The quantitative estimate of drug-likeness (QED) is 0.677. The molecule has 0 saturated heterocycles. The van der Waals surface area contributed by atoms with Crippen LogP contribution in [0.15, 0.2) is 0 Å². The first-order valence-electron chi connectivity index (χ1n) is 5.66. The van der Waals surface area contributed by atoms with Gasteiger partial charge in [-0.3, -0.25) is 0 Å². The van der Waals surface area contributed by atoms with Crippen LogP contribution in [-0.2, 0) is 0 Å². The summed E-state index contributed by atoms with van der Waals surface area (Å²) in [6.07, 6.45) is -1.04. The fraction of sp³-hybridized carbons (Fsp3) is 0.909. The summed E-state index contributed by atoms with van der Waals surface area (Å²) in [6.45, 7) is 3.81. The Morgan fingerprint density at radius 3 is 2.53 bits per heavy atom. The van der Waals surface area contributed by atoms with E-state index in [1.807, 2.05) is 13.8 Å². The summed E-state index contributed by atoms with van der Waals surface area (Å²) in [6, 6.07) is -0.493. The Kier molecular flexibility index (Phi) is 7.03. The van der Waals surface area contributed by atoms with Gasteiger partial charge in [-0.15, -0.1) is 0 Å². The second-order valence-electron chi connectivity index (χ2n) is 4.93. The molecule has 6 heteroatoms. The molecule has 0 aromatic rings. The van der Waals surface area contributed by atoms with E-state index in [-0.39, 0.29) is 12.0 Å². The molecule has 0 atom stereocenters. The molecular weight excluding hydrogens is 230 g/mol. The molecule has 0 fully saturated rings. The van der Waals surface area contributed by atoms with Gasteiger partial charge in [0.05, 0.1) is 6.54 Å². The van der Waals surface area contributed by atoms with E-state index >= 15 is 0 Å². The molecule has 0 saturated carbocycles. The van der Waals surface area contributed by atoms with Crippen molar-refractivity contribution in [3.8, 4) is 0 Å². The number of carbonyl (C=O) groups is 1. The van der Waals surface area contributed by atoms with Gasteiger partial charge in [-0.05, 0) is 18.3 Å². The molecule has 0 radical (unpaired) electrons. The van der Waals surface area contributed by atoms with Gasteiger partial charge in [0.1, 0.15) is 0 Å². The summed E-state index contributed by atoms with van der Waals surface area (Å²) in [7, 11) is 1.33. The third kappa shape index (κ3) is 7.90. The first kappa shape index (κ1) is 16.1. The molecule has 0 aliphatic heterocycles. The monoisotopic (exact) mass is 252 g/mol. The average molecular weight is 252 g/mol. The molecule has 4 nitrogen and oxygen atoms in total. The van der Waals surface area contributed by atoms with Crippen LogP contribution in [-0.4, -0.2) is 49.2 Å². The molecule has 17 heavy (non-hydrogen) atoms. The fourth-order valence-electron chi connectivity index (χ4n) is 1.27. The normalized spacial score (nSPS) is 11.7. The molecular formula is C11H22F2N2O2. The number of hydrogen-bond acceptors (Lipinski definition) is 2. The van der Waals surface area contributed by atoms with Crippen molar-refractivity contribution in [1.29, 1.82) is 0 Å². The zero-order valence-electron chi connectivity index (χ0n) is 10.7. The molecule has 102 valence electrons. The molecule has 0 aromatic heterocycles.